The second-order valence-electron chi connectivity index (χ2n) is 4.47. The summed E-state index contributed by atoms with van der Waals surface area (Å²) in [6.07, 6.45) is 4.49. The van der Waals surface area contributed by atoms with E-state index in [2.05, 4.69) is 22.2 Å². The topological polar surface area (TPSA) is 79.5 Å². The number of rotatable bonds is 5. The third-order valence-corrected chi connectivity index (χ3v) is 4.23. The number of carbonyl (C=O) groups is 1. The van der Waals surface area contributed by atoms with E-state index in [4.69, 9.17) is 0 Å². The number of nitrogens with zero attached hydrogens (tertiary/aromatic N) is 3. The van der Waals surface area contributed by atoms with Crippen molar-refractivity contribution in [1.82, 2.24) is 14.4 Å². The zero-order valence-electron chi connectivity index (χ0n) is 11.4. The van der Waals surface area contributed by atoms with Gasteiger partial charge in [-0.25, -0.2) is 14.8 Å². The molecule has 0 spiro atoms. The Morgan fingerprint density at radius 1 is 1.48 bits per heavy atom. The van der Waals surface area contributed by atoms with Gasteiger partial charge < -0.3 is 10.4 Å². The van der Waals surface area contributed by atoms with Gasteiger partial charge in [-0.3, -0.25) is 4.40 Å². The summed E-state index contributed by atoms with van der Waals surface area (Å²) in [5.41, 5.74) is 0.739. The molecule has 0 amide bonds. The minimum absolute atomic E-state index is 0.137. The molecule has 7 heteroatoms. The highest BCUT2D eigenvalue weighted by Gasteiger charge is 2.18. The van der Waals surface area contributed by atoms with Crippen LogP contribution >= 0.6 is 11.3 Å². The lowest BCUT2D eigenvalue weighted by atomic mass is 10.4. The number of aromatic carboxylic acids is 1. The molecule has 0 aliphatic rings. The van der Waals surface area contributed by atoms with Crippen molar-refractivity contribution in [1.29, 1.82) is 0 Å². The van der Waals surface area contributed by atoms with E-state index in [1.807, 2.05) is 12.3 Å². The summed E-state index contributed by atoms with van der Waals surface area (Å²) in [5, 5.41) is 13.4. The molecule has 0 bridgehead atoms. The van der Waals surface area contributed by atoms with Crippen LogP contribution < -0.4 is 5.32 Å². The van der Waals surface area contributed by atoms with Crippen LogP contribution in [-0.4, -0.2) is 25.4 Å². The Bertz CT molecular complexity index is 793. The Labute approximate surface area is 125 Å². The van der Waals surface area contributed by atoms with E-state index in [1.54, 1.807) is 34.1 Å². The van der Waals surface area contributed by atoms with Crippen molar-refractivity contribution in [3.05, 3.63) is 46.2 Å². The molecule has 0 radical (unpaired) electrons. The summed E-state index contributed by atoms with van der Waals surface area (Å²) in [6.45, 7) is 2.55. The highest BCUT2D eigenvalue weighted by Crippen LogP contribution is 2.20. The fraction of sp³-hybridized carbons (Fsp3) is 0.214. The molecule has 0 atom stereocenters. The quantitative estimate of drug-likeness (QED) is 0.757. The average molecular weight is 302 g/mol. The predicted molar refractivity (Wildman–Crippen MR) is 81.0 cm³/mol. The van der Waals surface area contributed by atoms with Crippen LogP contribution in [0.4, 0.5) is 5.82 Å². The summed E-state index contributed by atoms with van der Waals surface area (Å²) >= 11 is 1.62. The maximum atomic E-state index is 11.4. The van der Waals surface area contributed by atoms with Crippen molar-refractivity contribution in [2.24, 2.45) is 0 Å². The number of aromatic nitrogens is 3. The summed E-state index contributed by atoms with van der Waals surface area (Å²) in [7, 11) is 0. The van der Waals surface area contributed by atoms with Crippen molar-refractivity contribution in [3.8, 4) is 0 Å². The zero-order chi connectivity index (χ0) is 14.8. The number of hydrogen-bond acceptors (Lipinski definition) is 5. The maximum absolute atomic E-state index is 11.4. The first-order valence-electron chi connectivity index (χ1n) is 6.57. The molecule has 3 heterocycles. The molecular weight excluding hydrogens is 288 g/mol. The summed E-state index contributed by atoms with van der Waals surface area (Å²) in [6, 6.07) is 5.38. The van der Waals surface area contributed by atoms with Crippen LogP contribution in [0.15, 0.2) is 30.6 Å². The first kappa shape index (κ1) is 13.6. The van der Waals surface area contributed by atoms with Gasteiger partial charge in [-0.05, 0) is 18.6 Å². The number of thiazole rings is 1. The van der Waals surface area contributed by atoms with Gasteiger partial charge in [-0.15, -0.1) is 11.3 Å². The van der Waals surface area contributed by atoms with Crippen LogP contribution in [0.5, 0.6) is 0 Å². The number of anilines is 1. The lowest BCUT2D eigenvalue weighted by Gasteiger charge is -2.02. The first-order chi connectivity index (χ1) is 10.2. The number of imidazole rings is 1. The van der Waals surface area contributed by atoms with Crippen molar-refractivity contribution in [3.63, 3.8) is 0 Å². The van der Waals surface area contributed by atoms with Gasteiger partial charge in [-0.1, -0.05) is 13.0 Å². The van der Waals surface area contributed by atoms with E-state index in [9.17, 15) is 9.90 Å². The highest BCUT2D eigenvalue weighted by molar-refractivity contribution is 7.11. The SMILES string of the molecule is CCc1cnc(CNc2nc3ccccn3c2C(=O)O)s1. The summed E-state index contributed by atoms with van der Waals surface area (Å²) in [4.78, 5) is 21.3. The Balaban J connectivity index is 1.89. The molecule has 0 aliphatic carbocycles. The maximum Gasteiger partial charge on any atom is 0.356 e. The number of hydrogen-bond donors (Lipinski definition) is 2. The third kappa shape index (κ3) is 2.59. The molecule has 0 aliphatic heterocycles. The molecule has 0 unspecified atom stereocenters. The zero-order valence-corrected chi connectivity index (χ0v) is 12.2. The molecule has 6 nitrogen and oxygen atoms in total. The highest BCUT2D eigenvalue weighted by atomic mass is 32.1. The monoisotopic (exact) mass is 302 g/mol. The molecule has 3 rings (SSSR count). The third-order valence-electron chi connectivity index (χ3n) is 3.09. The number of fused-ring (bicyclic) bond motifs is 1. The minimum Gasteiger partial charge on any atom is -0.476 e. The van der Waals surface area contributed by atoms with Gasteiger partial charge in [0.2, 0.25) is 0 Å². The molecule has 3 aromatic heterocycles. The van der Waals surface area contributed by atoms with E-state index < -0.39 is 5.97 Å². The summed E-state index contributed by atoms with van der Waals surface area (Å²) < 4.78 is 1.56. The number of carboxylic acid groups (broad SMARTS) is 1. The molecule has 0 saturated carbocycles. The van der Waals surface area contributed by atoms with Crippen molar-refractivity contribution < 1.29 is 9.90 Å². The van der Waals surface area contributed by atoms with Crippen LogP contribution in [0.25, 0.3) is 5.65 Å². The lowest BCUT2D eigenvalue weighted by Crippen LogP contribution is -2.07. The van der Waals surface area contributed by atoms with Gasteiger partial charge in [0, 0.05) is 17.3 Å². The number of aryl methyl sites for hydroxylation is 1. The fourth-order valence-electron chi connectivity index (χ4n) is 2.08. The van der Waals surface area contributed by atoms with E-state index in [0.29, 0.717) is 18.0 Å². The molecular formula is C14H14N4O2S. The minimum atomic E-state index is -1.01. The standard InChI is InChI=1S/C14H14N4O2S/c1-2-9-7-15-11(21-9)8-16-13-12(14(19)20)18-6-4-3-5-10(18)17-13/h3-7,16H,2,8H2,1H3,(H,19,20). The largest absolute Gasteiger partial charge is 0.476 e. The normalized spacial score (nSPS) is 10.9. The summed E-state index contributed by atoms with van der Waals surface area (Å²) in [5.74, 6) is -0.647. The van der Waals surface area contributed by atoms with Gasteiger partial charge in [0.25, 0.3) is 0 Å². The van der Waals surface area contributed by atoms with Crippen LogP contribution in [0.1, 0.15) is 27.3 Å². The first-order valence-corrected chi connectivity index (χ1v) is 7.38. The molecule has 0 fully saturated rings. The van der Waals surface area contributed by atoms with Crippen LogP contribution in [-0.2, 0) is 13.0 Å². The van der Waals surface area contributed by atoms with E-state index >= 15 is 0 Å². The second kappa shape index (κ2) is 5.53. The molecule has 0 saturated heterocycles. The van der Waals surface area contributed by atoms with Crippen molar-refractivity contribution in [2.45, 2.75) is 19.9 Å². The number of carboxylic acids is 1. The lowest BCUT2D eigenvalue weighted by molar-refractivity contribution is 0.0690. The molecule has 108 valence electrons. The average Bonchev–Trinajstić information content (AvgIpc) is 3.08. The molecule has 21 heavy (non-hydrogen) atoms. The van der Waals surface area contributed by atoms with E-state index in [-0.39, 0.29) is 5.69 Å². The van der Waals surface area contributed by atoms with Crippen LogP contribution in [0, 0.1) is 0 Å². The molecule has 0 aromatic carbocycles. The number of pyridine rings is 1. The second-order valence-corrected chi connectivity index (χ2v) is 5.67. The Kier molecular flexibility index (Phi) is 3.57. The van der Waals surface area contributed by atoms with Crippen LogP contribution in [0.3, 0.4) is 0 Å². The van der Waals surface area contributed by atoms with Crippen molar-refractivity contribution >= 4 is 28.8 Å². The van der Waals surface area contributed by atoms with E-state index in [0.717, 1.165) is 11.4 Å². The Hall–Kier alpha value is -2.41. The molecule has 2 N–H and O–H groups in total. The number of nitrogens with one attached hydrogen (secondary N) is 1. The smallest absolute Gasteiger partial charge is 0.356 e. The Morgan fingerprint density at radius 2 is 2.33 bits per heavy atom. The van der Waals surface area contributed by atoms with Gasteiger partial charge in [0.05, 0.1) is 6.54 Å². The molecule has 3 aromatic rings. The predicted octanol–water partition coefficient (Wildman–Crippen LogP) is 2.66. The fourth-order valence-corrected chi connectivity index (χ4v) is 2.88. The van der Waals surface area contributed by atoms with E-state index in [1.165, 1.54) is 4.88 Å². The van der Waals surface area contributed by atoms with Gasteiger partial charge in [0.15, 0.2) is 11.5 Å². The Morgan fingerprint density at radius 3 is 3.05 bits per heavy atom. The van der Waals surface area contributed by atoms with Gasteiger partial charge in [0.1, 0.15) is 10.7 Å². The van der Waals surface area contributed by atoms with Gasteiger partial charge >= 0.3 is 5.97 Å². The van der Waals surface area contributed by atoms with Gasteiger partial charge in [-0.2, -0.15) is 0 Å². The van der Waals surface area contributed by atoms with Crippen LogP contribution in [0.2, 0.25) is 0 Å². The van der Waals surface area contributed by atoms with Crippen molar-refractivity contribution in [2.75, 3.05) is 5.32 Å².